The summed E-state index contributed by atoms with van der Waals surface area (Å²) in [5.41, 5.74) is 2.40. The Morgan fingerprint density at radius 3 is 1.95 bits per heavy atom. The van der Waals surface area contributed by atoms with Gasteiger partial charge in [-0.25, -0.2) is 19.9 Å². The maximum Gasteiger partial charge on any atom is 0.306 e. The van der Waals surface area contributed by atoms with Gasteiger partial charge in [0.25, 0.3) is 0 Å². The number of aliphatic carboxylic acids is 1. The molecule has 6 rings (SSSR count). The maximum atomic E-state index is 12.6. The Morgan fingerprint density at radius 1 is 0.923 bits per heavy atom. The van der Waals surface area contributed by atoms with Crippen LogP contribution in [0.4, 0.5) is 0 Å². The lowest BCUT2D eigenvalue weighted by Gasteiger charge is -2.26. The molecule has 0 saturated carbocycles. The van der Waals surface area contributed by atoms with Crippen LogP contribution >= 0.6 is 45.9 Å². The molecule has 1 N–H and O–H groups in total. The first-order chi connectivity index (χ1) is 18.8. The van der Waals surface area contributed by atoms with Gasteiger partial charge < -0.3 is 10.0 Å². The van der Waals surface area contributed by atoms with E-state index < -0.39 is 5.97 Å². The van der Waals surface area contributed by atoms with Crippen molar-refractivity contribution < 1.29 is 14.7 Å². The Kier molecular flexibility index (Phi) is 8.66. The SMILES string of the molecule is CCCCN(C)C(=O)C1CCc2c(sc3ncnc(Cl)c23)C1.O=C(O)C1CCc2c(sc3ncnc(Cl)c23)C1. The number of carbonyl (C=O) groups excluding carboxylic acids is 1. The third kappa shape index (κ3) is 5.75. The molecular weight excluding hydrogens is 577 g/mol. The van der Waals surface area contributed by atoms with Gasteiger partial charge in [0.05, 0.1) is 16.7 Å². The van der Waals surface area contributed by atoms with E-state index in [1.807, 2.05) is 11.9 Å². The molecule has 2 unspecified atom stereocenters. The molecule has 8 nitrogen and oxygen atoms in total. The highest BCUT2D eigenvalue weighted by Gasteiger charge is 2.30. The maximum absolute atomic E-state index is 12.6. The highest BCUT2D eigenvalue weighted by molar-refractivity contribution is 7.19. The Balaban J connectivity index is 0.000000163. The summed E-state index contributed by atoms with van der Waals surface area (Å²) in [7, 11) is 1.92. The molecule has 0 spiro atoms. The van der Waals surface area contributed by atoms with Crippen LogP contribution < -0.4 is 0 Å². The van der Waals surface area contributed by atoms with Crippen molar-refractivity contribution in [3.8, 4) is 0 Å². The Morgan fingerprint density at radius 2 is 1.44 bits per heavy atom. The van der Waals surface area contributed by atoms with Crippen molar-refractivity contribution in [1.29, 1.82) is 0 Å². The number of carboxylic acids is 1. The van der Waals surface area contributed by atoms with Gasteiger partial charge in [0.2, 0.25) is 5.91 Å². The van der Waals surface area contributed by atoms with Gasteiger partial charge in [0, 0.05) is 29.3 Å². The minimum Gasteiger partial charge on any atom is -0.481 e. The van der Waals surface area contributed by atoms with E-state index >= 15 is 0 Å². The second-order valence-corrected chi connectivity index (χ2v) is 12.9. The van der Waals surface area contributed by atoms with Crippen molar-refractivity contribution in [2.45, 2.75) is 58.3 Å². The zero-order valence-electron chi connectivity index (χ0n) is 21.7. The zero-order valence-corrected chi connectivity index (χ0v) is 24.9. The van der Waals surface area contributed by atoms with Gasteiger partial charge in [-0.05, 0) is 56.1 Å². The van der Waals surface area contributed by atoms with Crippen LogP contribution in [-0.4, -0.2) is 55.4 Å². The molecule has 0 aliphatic heterocycles. The van der Waals surface area contributed by atoms with Crippen LogP contribution in [0.5, 0.6) is 0 Å². The molecular formula is C27H29Cl2N5O3S2. The molecule has 2 aliphatic rings. The highest BCUT2D eigenvalue weighted by Crippen LogP contribution is 2.41. The van der Waals surface area contributed by atoms with Crippen molar-refractivity contribution in [2.75, 3.05) is 13.6 Å². The molecule has 12 heteroatoms. The molecule has 0 bridgehead atoms. The average molecular weight is 607 g/mol. The van der Waals surface area contributed by atoms with Gasteiger partial charge >= 0.3 is 5.97 Å². The second kappa shape index (κ2) is 12.0. The number of aryl methyl sites for hydroxylation is 2. The first-order valence-corrected chi connectivity index (χ1v) is 15.5. The number of rotatable bonds is 5. The fourth-order valence-electron chi connectivity index (χ4n) is 5.38. The van der Waals surface area contributed by atoms with E-state index in [-0.39, 0.29) is 17.7 Å². The van der Waals surface area contributed by atoms with Crippen LogP contribution in [0.1, 0.15) is 53.5 Å². The second-order valence-electron chi connectivity index (χ2n) is 10.0. The Bertz CT molecular complexity index is 1540. The van der Waals surface area contributed by atoms with E-state index in [0.717, 1.165) is 75.9 Å². The minimum absolute atomic E-state index is 0.0918. The molecule has 4 aromatic rings. The summed E-state index contributed by atoms with van der Waals surface area (Å²) in [4.78, 5) is 46.2. The van der Waals surface area contributed by atoms with Crippen LogP contribution in [-0.2, 0) is 35.3 Å². The standard InChI is InChI=1S/C16H20ClN3OS.C11H9ClN2O2S/c1-3-4-7-20(2)16(21)10-5-6-11-12(8-10)22-15-13(11)14(17)18-9-19-15;12-9-8-6-2-1-5(11(15)16)3-7(6)17-10(8)14-4-13-9/h9-10H,3-8H2,1-2H3;4-5H,1-3H2,(H,15,16). The fourth-order valence-corrected chi connectivity index (χ4v) is 8.52. The number of amides is 1. The summed E-state index contributed by atoms with van der Waals surface area (Å²) >= 11 is 15.5. The summed E-state index contributed by atoms with van der Waals surface area (Å²) in [6, 6.07) is 0. The van der Waals surface area contributed by atoms with Crippen LogP contribution in [0.2, 0.25) is 10.3 Å². The fraction of sp³-hybridized carbons (Fsp3) is 0.481. The molecule has 2 atom stereocenters. The van der Waals surface area contributed by atoms with E-state index in [1.54, 1.807) is 11.3 Å². The molecule has 1 amide bonds. The average Bonchev–Trinajstić information content (AvgIpc) is 3.50. The zero-order chi connectivity index (χ0) is 27.7. The number of fused-ring (bicyclic) bond motifs is 6. The van der Waals surface area contributed by atoms with E-state index in [9.17, 15) is 9.59 Å². The molecule has 2 aliphatic carbocycles. The van der Waals surface area contributed by atoms with Crippen molar-refractivity contribution in [3.63, 3.8) is 0 Å². The lowest BCUT2D eigenvalue weighted by Crippen LogP contribution is -2.36. The Hall–Kier alpha value is -2.40. The molecule has 206 valence electrons. The number of thiophene rings is 2. The molecule has 4 aromatic heterocycles. The highest BCUT2D eigenvalue weighted by atomic mass is 35.5. The van der Waals surface area contributed by atoms with Gasteiger partial charge in [-0.3, -0.25) is 9.59 Å². The summed E-state index contributed by atoms with van der Waals surface area (Å²) in [5, 5.41) is 12.0. The summed E-state index contributed by atoms with van der Waals surface area (Å²) < 4.78 is 0. The number of unbranched alkanes of at least 4 members (excludes halogenated alkanes) is 1. The predicted molar refractivity (Wildman–Crippen MR) is 156 cm³/mol. The number of hydrogen-bond donors (Lipinski definition) is 1. The lowest BCUT2D eigenvalue weighted by atomic mass is 9.87. The molecule has 0 fully saturated rings. The van der Waals surface area contributed by atoms with E-state index in [4.69, 9.17) is 28.3 Å². The first kappa shape index (κ1) is 28.1. The van der Waals surface area contributed by atoms with Crippen molar-refractivity contribution >= 4 is 78.2 Å². The van der Waals surface area contributed by atoms with E-state index in [2.05, 4.69) is 26.9 Å². The number of carboxylic acid groups (broad SMARTS) is 1. The van der Waals surface area contributed by atoms with Crippen LogP contribution in [0, 0.1) is 11.8 Å². The predicted octanol–water partition coefficient (Wildman–Crippen LogP) is 6.24. The van der Waals surface area contributed by atoms with Crippen LogP contribution in [0.25, 0.3) is 20.4 Å². The third-order valence-electron chi connectivity index (χ3n) is 7.52. The van der Waals surface area contributed by atoms with Gasteiger partial charge in [-0.1, -0.05) is 36.5 Å². The van der Waals surface area contributed by atoms with Crippen LogP contribution in [0.15, 0.2) is 12.7 Å². The number of aromatic nitrogens is 4. The minimum atomic E-state index is -0.717. The molecule has 0 saturated heterocycles. The molecule has 4 heterocycles. The summed E-state index contributed by atoms with van der Waals surface area (Å²) in [6.45, 7) is 3.00. The van der Waals surface area contributed by atoms with Crippen molar-refractivity contribution in [3.05, 3.63) is 43.8 Å². The van der Waals surface area contributed by atoms with E-state index in [1.165, 1.54) is 34.4 Å². The Labute approximate surface area is 244 Å². The molecule has 0 aromatic carbocycles. The normalized spacial score (nSPS) is 18.3. The largest absolute Gasteiger partial charge is 0.481 e. The van der Waals surface area contributed by atoms with Gasteiger partial charge in [0.15, 0.2) is 0 Å². The number of halogens is 2. The number of carbonyl (C=O) groups is 2. The number of hydrogen-bond acceptors (Lipinski definition) is 8. The lowest BCUT2D eigenvalue weighted by molar-refractivity contribution is -0.142. The monoisotopic (exact) mass is 605 g/mol. The number of nitrogens with zero attached hydrogens (tertiary/aromatic N) is 5. The third-order valence-corrected chi connectivity index (χ3v) is 10.4. The van der Waals surface area contributed by atoms with Crippen molar-refractivity contribution in [2.24, 2.45) is 11.8 Å². The van der Waals surface area contributed by atoms with E-state index in [0.29, 0.717) is 23.1 Å². The van der Waals surface area contributed by atoms with Gasteiger partial charge in [0.1, 0.15) is 32.6 Å². The first-order valence-electron chi connectivity index (χ1n) is 13.1. The van der Waals surface area contributed by atoms with Gasteiger partial charge in [-0.15, -0.1) is 22.7 Å². The molecule has 39 heavy (non-hydrogen) atoms. The van der Waals surface area contributed by atoms with Gasteiger partial charge in [-0.2, -0.15) is 0 Å². The summed E-state index contributed by atoms with van der Waals surface area (Å²) in [5.74, 6) is -0.629. The van der Waals surface area contributed by atoms with Crippen molar-refractivity contribution in [1.82, 2.24) is 24.8 Å². The molecule has 0 radical (unpaired) electrons. The smallest absolute Gasteiger partial charge is 0.306 e. The quantitative estimate of drug-likeness (QED) is 0.268. The topological polar surface area (TPSA) is 109 Å². The summed E-state index contributed by atoms with van der Waals surface area (Å²) in [6.07, 6.45) is 9.71. The van der Waals surface area contributed by atoms with Crippen LogP contribution in [0.3, 0.4) is 0 Å².